The van der Waals surface area contributed by atoms with E-state index in [0.29, 0.717) is 0 Å². The molecular weight excluding hydrogens is 170 g/mol. The van der Waals surface area contributed by atoms with Crippen molar-refractivity contribution in [1.82, 2.24) is 0 Å². The molecule has 0 unspecified atom stereocenters. The molecule has 0 fully saturated rings. The summed E-state index contributed by atoms with van der Waals surface area (Å²) in [6.45, 7) is 0. The van der Waals surface area contributed by atoms with Crippen LogP contribution in [0.25, 0.3) is 0 Å². The lowest BCUT2D eigenvalue weighted by Gasteiger charge is -2.15. The first-order valence-corrected chi connectivity index (χ1v) is 4.83. The minimum absolute atomic E-state index is 0.810. The fraction of sp³-hybridized carbons (Fsp3) is 0.222. The van der Waals surface area contributed by atoms with Crippen LogP contribution in [0.5, 0.6) is 0 Å². The van der Waals surface area contributed by atoms with Gasteiger partial charge in [-0.15, -0.1) is 11.8 Å². The molecule has 12 heavy (non-hydrogen) atoms. The first kappa shape index (κ1) is 7.68. The van der Waals surface area contributed by atoms with Crippen LogP contribution in [0.1, 0.15) is 12.0 Å². The normalized spacial score (nSPS) is 19.2. The van der Waals surface area contributed by atoms with Gasteiger partial charge in [-0.1, -0.05) is 23.4 Å². The predicted octanol–water partition coefficient (Wildman–Crippen LogP) is 2.36. The Bertz CT molecular complexity index is 322. The molecule has 0 aromatic heterocycles. The number of oxime groups is 1. The Balaban J connectivity index is 2.51. The lowest BCUT2D eigenvalue weighted by Crippen LogP contribution is -2.08. The van der Waals surface area contributed by atoms with E-state index in [0.717, 1.165) is 23.4 Å². The maximum absolute atomic E-state index is 8.72. The molecule has 1 aromatic rings. The molecule has 2 rings (SSSR count). The molecular formula is C9H9NOS. The second-order valence-corrected chi connectivity index (χ2v) is 3.78. The summed E-state index contributed by atoms with van der Waals surface area (Å²) in [4.78, 5) is 1.22. The standard InChI is InChI=1S/C9H9NOS/c11-10-8-5-6-12-9-4-2-1-3-7(8)9/h1-4,11H,5-6H2. The molecule has 62 valence electrons. The summed E-state index contributed by atoms with van der Waals surface area (Å²) in [5.41, 5.74) is 1.89. The number of benzene rings is 1. The van der Waals surface area contributed by atoms with Gasteiger partial charge in [0.25, 0.3) is 0 Å². The first-order chi connectivity index (χ1) is 5.92. The Morgan fingerprint density at radius 3 is 3.00 bits per heavy atom. The summed E-state index contributed by atoms with van der Waals surface area (Å²) >= 11 is 1.82. The maximum atomic E-state index is 8.72. The van der Waals surface area contributed by atoms with E-state index in [2.05, 4.69) is 11.2 Å². The van der Waals surface area contributed by atoms with Crippen LogP contribution in [0, 0.1) is 0 Å². The highest BCUT2D eigenvalue weighted by Crippen LogP contribution is 2.29. The zero-order valence-electron chi connectivity index (χ0n) is 6.53. The molecule has 0 saturated heterocycles. The number of rotatable bonds is 0. The van der Waals surface area contributed by atoms with Gasteiger partial charge in [-0.05, 0) is 6.07 Å². The average molecular weight is 179 g/mol. The quantitative estimate of drug-likeness (QED) is 0.490. The van der Waals surface area contributed by atoms with E-state index in [-0.39, 0.29) is 0 Å². The van der Waals surface area contributed by atoms with Gasteiger partial charge in [-0.3, -0.25) is 0 Å². The average Bonchev–Trinajstić information content (AvgIpc) is 2.17. The smallest absolute Gasteiger partial charge is 0.0887 e. The first-order valence-electron chi connectivity index (χ1n) is 3.85. The van der Waals surface area contributed by atoms with E-state index in [1.54, 1.807) is 0 Å². The largest absolute Gasteiger partial charge is 0.411 e. The highest BCUT2D eigenvalue weighted by atomic mass is 32.2. The van der Waals surface area contributed by atoms with Gasteiger partial charge >= 0.3 is 0 Å². The van der Waals surface area contributed by atoms with E-state index in [4.69, 9.17) is 5.21 Å². The van der Waals surface area contributed by atoms with Crippen LogP contribution in [0.3, 0.4) is 0 Å². The Morgan fingerprint density at radius 2 is 2.17 bits per heavy atom. The van der Waals surface area contributed by atoms with Crippen LogP contribution < -0.4 is 0 Å². The second-order valence-electron chi connectivity index (χ2n) is 2.64. The molecule has 1 aromatic carbocycles. The number of hydrogen-bond acceptors (Lipinski definition) is 3. The molecule has 1 aliphatic rings. The van der Waals surface area contributed by atoms with Crippen molar-refractivity contribution in [2.24, 2.45) is 5.16 Å². The highest BCUT2D eigenvalue weighted by Gasteiger charge is 2.14. The van der Waals surface area contributed by atoms with E-state index in [9.17, 15) is 0 Å². The van der Waals surface area contributed by atoms with E-state index in [1.165, 1.54) is 4.90 Å². The zero-order chi connectivity index (χ0) is 8.39. The molecule has 0 saturated carbocycles. The van der Waals surface area contributed by atoms with Crippen molar-refractivity contribution in [2.45, 2.75) is 11.3 Å². The molecule has 2 nitrogen and oxygen atoms in total. The fourth-order valence-electron chi connectivity index (χ4n) is 1.33. The van der Waals surface area contributed by atoms with Crippen molar-refractivity contribution in [1.29, 1.82) is 0 Å². The molecule has 0 bridgehead atoms. The van der Waals surface area contributed by atoms with E-state index in [1.807, 2.05) is 30.0 Å². The molecule has 1 N–H and O–H groups in total. The SMILES string of the molecule is ON=C1CCSc2ccccc21. The van der Waals surface area contributed by atoms with Gasteiger partial charge in [0.2, 0.25) is 0 Å². The van der Waals surface area contributed by atoms with Crippen LogP contribution >= 0.6 is 11.8 Å². The number of fused-ring (bicyclic) bond motifs is 1. The van der Waals surface area contributed by atoms with Gasteiger partial charge in [0.1, 0.15) is 0 Å². The minimum atomic E-state index is 0.810. The maximum Gasteiger partial charge on any atom is 0.0887 e. The fourth-order valence-corrected chi connectivity index (χ4v) is 2.36. The number of hydrogen-bond donors (Lipinski definition) is 1. The Kier molecular flexibility index (Phi) is 2.04. The summed E-state index contributed by atoms with van der Waals surface area (Å²) in [7, 11) is 0. The van der Waals surface area contributed by atoms with Gasteiger partial charge in [-0.2, -0.15) is 0 Å². The molecule has 3 heteroatoms. The molecule has 0 radical (unpaired) electrons. The summed E-state index contributed by atoms with van der Waals surface area (Å²) < 4.78 is 0. The second kappa shape index (κ2) is 3.19. The molecule has 0 atom stereocenters. The topological polar surface area (TPSA) is 32.6 Å². The Labute approximate surface area is 75.3 Å². The van der Waals surface area contributed by atoms with Crippen molar-refractivity contribution in [3.05, 3.63) is 29.8 Å². The van der Waals surface area contributed by atoms with Gasteiger partial charge < -0.3 is 5.21 Å². The van der Waals surface area contributed by atoms with Gasteiger partial charge in [0.05, 0.1) is 5.71 Å². The summed E-state index contributed by atoms with van der Waals surface area (Å²) in [5.74, 6) is 1.01. The van der Waals surface area contributed by atoms with E-state index < -0.39 is 0 Å². The highest BCUT2D eigenvalue weighted by molar-refractivity contribution is 7.99. The Morgan fingerprint density at radius 1 is 1.33 bits per heavy atom. The van der Waals surface area contributed by atoms with Crippen molar-refractivity contribution in [3.8, 4) is 0 Å². The minimum Gasteiger partial charge on any atom is -0.411 e. The number of thioether (sulfide) groups is 1. The Hall–Kier alpha value is -0.960. The van der Waals surface area contributed by atoms with Crippen LogP contribution in [0.2, 0.25) is 0 Å². The third-order valence-corrected chi connectivity index (χ3v) is 2.99. The van der Waals surface area contributed by atoms with E-state index >= 15 is 0 Å². The van der Waals surface area contributed by atoms with Gasteiger partial charge in [0, 0.05) is 22.6 Å². The molecule has 1 aliphatic heterocycles. The molecule has 0 aliphatic carbocycles. The van der Waals surface area contributed by atoms with Gasteiger partial charge in [-0.25, -0.2) is 0 Å². The number of nitrogens with zero attached hydrogens (tertiary/aromatic N) is 1. The summed E-state index contributed by atoms with van der Waals surface area (Å²) in [6.07, 6.45) is 0.859. The van der Waals surface area contributed by atoms with Crippen LogP contribution in [0.15, 0.2) is 34.3 Å². The van der Waals surface area contributed by atoms with Crippen molar-refractivity contribution < 1.29 is 5.21 Å². The molecule has 0 amide bonds. The summed E-state index contributed by atoms with van der Waals surface area (Å²) in [6, 6.07) is 8.03. The third kappa shape index (κ3) is 1.20. The van der Waals surface area contributed by atoms with Crippen molar-refractivity contribution in [2.75, 3.05) is 5.75 Å². The lowest BCUT2D eigenvalue weighted by atomic mass is 10.1. The predicted molar refractivity (Wildman–Crippen MR) is 50.1 cm³/mol. The molecule has 1 heterocycles. The molecule has 0 spiro atoms. The van der Waals surface area contributed by atoms with Crippen LogP contribution in [0.4, 0.5) is 0 Å². The summed E-state index contributed by atoms with van der Waals surface area (Å²) in [5, 5.41) is 12.0. The van der Waals surface area contributed by atoms with Crippen LogP contribution in [-0.2, 0) is 0 Å². The zero-order valence-corrected chi connectivity index (χ0v) is 7.34. The van der Waals surface area contributed by atoms with Crippen molar-refractivity contribution >= 4 is 17.5 Å². The van der Waals surface area contributed by atoms with Crippen molar-refractivity contribution in [3.63, 3.8) is 0 Å². The third-order valence-electron chi connectivity index (χ3n) is 1.92. The van der Waals surface area contributed by atoms with Gasteiger partial charge in [0.15, 0.2) is 0 Å². The monoisotopic (exact) mass is 179 g/mol. The lowest BCUT2D eigenvalue weighted by molar-refractivity contribution is 0.318. The van der Waals surface area contributed by atoms with Crippen LogP contribution in [-0.4, -0.2) is 16.7 Å².